The minimum atomic E-state index is -0.603. The smallest absolute Gasteiger partial charge is 0.118 e. The number of hydrogen-bond acceptors (Lipinski definition) is 1. The molecular weight excluding hydrogens is 172 g/mol. The molecule has 14 heavy (non-hydrogen) atoms. The van der Waals surface area contributed by atoms with E-state index in [0.717, 1.165) is 5.56 Å². The van der Waals surface area contributed by atoms with E-state index in [1.807, 2.05) is 31.2 Å². The zero-order valence-electron chi connectivity index (χ0n) is 8.33. The van der Waals surface area contributed by atoms with Crippen molar-refractivity contribution in [1.82, 2.24) is 0 Å². The van der Waals surface area contributed by atoms with Gasteiger partial charge in [0.2, 0.25) is 0 Å². The molecule has 0 saturated heterocycles. The highest BCUT2D eigenvalue weighted by Gasteiger charge is 1.93. The summed E-state index contributed by atoms with van der Waals surface area (Å²) in [4.78, 5) is 0. The zero-order chi connectivity index (χ0) is 10.4. The van der Waals surface area contributed by atoms with Gasteiger partial charge in [-0.05, 0) is 19.1 Å². The van der Waals surface area contributed by atoms with Crippen molar-refractivity contribution in [3.8, 4) is 11.8 Å². The molecule has 0 unspecified atom stereocenters. The summed E-state index contributed by atoms with van der Waals surface area (Å²) in [5.41, 5.74) is 2.14. The maximum atomic E-state index is 9.32. The van der Waals surface area contributed by atoms with E-state index < -0.39 is 6.10 Å². The lowest BCUT2D eigenvalue weighted by atomic mass is 10.1. The average Bonchev–Trinajstić information content (AvgIpc) is 2.17. The van der Waals surface area contributed by atoms with Gasteiger partial charge in [-0.1, -0.05) is 35.6 Å². The summed E-state index contributed by atoms with van der Waals surface area (Å²) in [6.07, 6.45) is 1.57. The highest BCUT2D eigenvalue weighted by molar-refractivity contribution is 5.36. The molecule has 0 aliphatic rings. The molecular formula is C13H14O. The summed E-state index contributed by atoms with van der Waals surface area (Å²) < 4.78 is 0. The van der Waals surface area contributed by atoms with E-state index in [1.54, 1.807) is 6.08 Å². The molecule has 1 N–H and O–H groups in total. The van der Waals surface area contributed by atoms with Gasteiger partial charge in [-0.2, -0.15) is 0 Å². The van der Waals surface area contributed by atoms with Crippen LogP contribution in [0.1, 0.15) is 17.5 Å². The number of benzene rings is 1. The Bertz CT molecular complexity index is 351. The van der Waals surface area contributed by atoms with Crippen LogP contribution in [0.2, 0.25) is 0 Å². The normalized spacial score (nSPS) is 11.3. The Labute approximate surface area is 85.1 Å². The first kappa shape index (κ1) is 10.6. The Morgan fingerprint density at radius 2 is 2.07 bits per heavy atom. The average molecular weight is 186 g/mol. The predicted octanol–water partition coefficient (Wildman–Crippen LogP) is 2.28. The first-order valence-electron chi connectivity index (χ1n) is 4.59. The molecule has 0 radical (unpaired) electrons. The van der Waals surface area contributed by atoms with E-state index in [2.05, 4.69) is 18.4 Å². The fourth-order valence-electron chi connectivity index (χ4n) is 1.02. The summed E-state index contributed by atoms with van der Waals surface area (Å²) in [5.74, 6) is 5.66. The van der Waals surface area contributed by atoms with Crippen LogP contribution in [0.5, 0.6) is 0 Å². The molecule has 0 fully saturated rings. The fourth-order valence-corrected chi connectivity index (χ4v) is 1.02. The zero-order valence-corrected chi connectivity index (χ0v) is 8.33. The van der Waals surface area contributed by atoms with Crippen molar-refractivity contribution in [3.05, 3.63) is 48.0 Å². The lowest BCUT2D eigenvalue weighted by Gasteiger charge is -1.96. The third-order valence-corrected chi connectivity index (χ3v) is 1.82. The van der Waals surface area contributed by atoms with Crippen LogP contribution in [0, 0.1) is 18.8 Å². The molecule has 0 aromatic heterocycles. The van der Waals surface area contributed by atoms with Gasteiger partial charge in [0.15, 0.2) is 0 Å². The highest BCUT2D eigenvalue weighted by Crippen LogP contribution is 2.01. The van der Waals surface area contributed by atoms with E-state index in [9.17, 15) is 5.11 Å². The maximum Gasteiger partial charge on any atom is 0.118 e. The fraction of sp³-hybridized carbons (Fsp3) is 0.231. The minimum Gasteiger partial charge on any atom is -0.380 e. The van der Waals surface area contributed by atoms with E-state index in [-0.39, 0.29) is 0 Å². The lowest BCUT2D eigenvalue weighted by Crippen LogP contribution is -1.99. The van der Waals surface area contributed by atoms with Crippen molar-refractivity contribution in [2.75, 3.05) is 0 Å². The molecule has 0 aliphatic carbocycles. The van der Waals surface area contributed by atoms with Crippen molar-refractivity contribution >= 4 is 0 Å². The monoisotopic (exact) mass is 186 g/mol. The molecule has 0 amide bonds. The van der Waals surface area contributed by atoms with Crippen molar-refractivity contribution < 1.29 is 5.11 Å². The van der Waals surface area contributed by atoms with Crippen LogP contribution in [-0.2, 0) is 0 Å². The van der Waals surface area contributed by atoms with Crippen molar-refractivity contribution in [2.45, 2.75) is 19.4 Å². The summed E-state index contributed by atoms with van der Waals surface area (Å²) in [6, 6.07) is 7.90. The molecule has 72 valence electrons. The molecule has 0 bridgehead atoms. The third kappa shape index (κ3) is 3.47. The molecule has 0 saturated carbocycles. The summed E-state index contributed by atoms with van der Waals surface area (Å²) in [6.45, 7) is 5.57. The summed E-state index contributed by atoms with van der Waals surface area (Å²) in [7, 11) is 0. The molecule has 1 atom stereocenters. The number of rotatable bonds is 2. The van der Waals surface area contributed by atoms with Gasteiger partial charge in [0, 0.05) is 12.0 Å². The molecule has 1 rings (SSSR count). The molecule has 1 nitrogen and oxygen atoms in total. The van der Waals surface area contributed by atoms with Crippen LogP contribution in [0.25, 0.3) is 0 Å². The number of aliphatic hydroxyl groups is 1. The quantitative estimate of drug-likeness (QED) is 0.555. The largest absolute Gasteiger partial charge is 0.380 e. The van der Waals surface area contributed by atoms with Crippen LogP contribution >= 0.6 is 0 Å². The van der Waals surface area contributed by atoms with Crippen molar-refractivity contribution in [2.24, 2.45) is 0 Å². The topological polar surface area (TPSA) is 20.2 Å². The van der Waals surface area contributed by atoms with Gasteiger partial charge in [-0.15, -0.1) is 6.58 Å². The molecule has 1 aromatic carbocycles. The van der Waals surface area contributed by atoms with Crippen LogP contribution in [0.15, 0.2) is 36.9 Å². The van der Waals surface area contributed by atoms with Crippen LogP contribution in [0.4, 0.5) is 0 Å². The van der Waals surface area contributed by atoms with Gasteiger partial charge >= 0.3 is 0 Å². The summed E-state index contributed by atoms with van der Waals surface area (Å²) >= 11 is 0. The maximum absolute atomic E-state index is 9.32. The lowest BCUT2D eigenvalue weighted by molar-refractivity contribution is 0.236. The van der Waals surface area contributed by atoms with E-state index in [4.69, 9.17) is 0 Å². The Kier molecular flexibility index (Phi) is 3.97. The van der Waals surface area contributed by atoms with Gasteiger partial charge in [-0.3, -0.25) is 0 Å². The van der Waals surface area contributed by atoms with Gasteiger partial charge in [0.1, 0.15) is 6.10 Å². The van der Waals surface area contributed by atoms with Gasteiger partial charge in [-0.25, -0.2) is 0 Å². The van der Waals surface area contributed by atoms with Gasteiger partial charge in [0.05, 0.1) is 0 Å². The molecule has 1 aromatic rings. The highest BCUT2D eigenvalue weighted by atomic mass is 16.3. The van der Waals surface area contributed by atoms with E-state index in [1.165, 1.54) is 5.56 Å². The molecule has 0 spiro atoms. The molecule has 1 heteroatoms. The molecule has 0 aliphatic heterocycles. The first-order chi connectivity index (χ1) is 6.72. The minimum absolute atomic E-state index is 0.513. The Hall–Kier alpha value is -1.52. The number of aliphatic hydroxyl groups excluding tert-OH is 1. The first-order valence-corrected chi connectivity index (χ1v) is 4.59. The van der Waals surface area contributed by atoms with Crippen LogP contribution < -0.4 is 0 Å². The molecule has 0 heterocycles. The van der Waals surface area contributed by atoms with E-state index >= 15 is 0 Å². The van der Waals surface area contributed by atoms with E-state index in [0.29, 0.717) is 6.42 Å². The SMILES string of the molecule is C=CC[C@H](O)C#Cc1ccc(C)cc1. The second-order valence-corrected chi connectivity index (χ2v) is 3.18. The Morgan fingerprint density at radius 3 is 2.64 bits per heavy atom. The number of aryl methyl sites for hydroxylation is 1. The Morgan fingerprint density at radius 1 is 1.43 bits per heavy atom. The van der Waals surface area contributed by atoms with Gasteiger partial charge in [0.25, 0.3) is 0 Å². The van der Waals surface area contributed by atoms with Crippen LogP contribution in [-0.4, -0.2) is 11.2 Å². The van der Waals surface area contributed by atoms with Crippen molar-refractivity contribution in [3.63, 3.8) is 0 Å². The predicted molar refractivity (Wildman–Crippen MR) is 58.9 cm³/mol. The van der Waals surface area contributed by atoms with Crippen molar-refractivity contribution in [1.29, 1.82) is 0 Å². The third-order valence-electron chi connectivity index (χ3n) is 1.82. The number of hydrogen-bond donors (Lipinski definition) is 1. The second-order valence-electron chi connectivity index (χ2n) is 3.18. The van der Waals surface area contributed by atoms with Crippen LogP contribution in [0.3, 0.4) is 0 Å². The Balaban J connectivity index is 2.67. The van der Waals surface area contributed by atoms with Gasteiger partial charge < -0.3 is 5.11 Å². The standard InChI is InChI=1S/C13H14O/c1-3-4-13(14)10-9-12-7-5-11(2)6-8-12/h3,5-8,13-14H,1,4H2,2H3/t13-/m0/s1. The second kappa shape index (κ2) is 5.26. The summed E-state index contributed by atoms with van der Waals surface area (Å²) in [5, 5.41) is 9.32.